The molecule has 0 aliphatic carbocycles. The van der Waals surface area contributed by atoms with Crippen molar-refractivity contribution in [1.82, 2.24) is 9.78 Å². The van der Waals surface area contributed by atoms with Crippen LogP contribution in [0.15, 0.2) is 54.7 Å². The molecule has 0 bridgehead atoms. The predicted octanol–water partition coefficient (Wildman–Crippen LogP) is 4.02. The Morgan fingerprint density at radius 1 is 1.14 bits per heavy atom. The molecule has 2 atom stereocenters. The molecule has 0 aliphatic rings. The van der Waals surface area contributed by atoms with Crippen molar-refractivity contribution in [2.24, 2.45) is 5.73 Å². The topological polar surface area (TPSA) is 43.8 Å². The molecular formula is C17H18ClN3. The Morgan fingerprint density at radius 2 is 1.86 bits per heavy atom. The maximum absolute atomic E-state index is 6.38. The van der Waals surface area contributed by atoms with Gasteiger partial charge in [-0.3, -0.25) is 4.68 Å². The van der Waals surface area contributed by atoms with Gasteiger partial charge in [-0.25, -0.2) is 0 Å². The molecule has 2 aromatic carbocycles. The van der Waals surface area contributed by atoms with E-state index in [2.05, 4.69) is 24.2 Å². The summed E-state index contributed by atoms with van der Waals surface area (Å²) in [4.78, 5) is 0. The highest BCUT2D eigenvalue weighted by Crippen LogP contribution is 2.27. The molecule has 0 fully saturated rings. The zero-order chi connectivity index (χ0) is 14.8. The maximum atomic E-state index is 6.38. The SMILES string of the molecule is CCC(N)C(c1ccc(Cl)cc1)n1ncc2ccccc21. The number of aromatic nitrogens is 2. The molecule has 21 heavy (non-hydrogen) atoms. The monoisotopic (exact) mass is 299 g/mol. The summed E-state index contributed by atoms with van der Waals surface area (Å²) in [5, 5.41) is 6.42. The third-order valence-electron chi connectivity index (χ3n) is 3.86. The summed E-state index contributed by atoms with van der Waals surface area (Å²) in [5.74, 6) is 0. The van der Waals surface area contributed by atoms with Gasteiger partial charge in [0.1, 0.15) is 0 Å². The van der Waals surface area contributed by atoms with Crippen molar-refractivity contribution in [1.29, 1.82) is 0 Å². The second-order valence-electron chi connectivity index (χ2n) is 5.22. The normalized spacial score (nSPS) is 14.2. The summed E-state index contributed by atoms with van der Waals surface area (Å²) in [5.41, 5.74) is 8.60. The van der Waals surface area contributed by atoms with Crippen LogP contribution >= 0.6 is 11.6 Å². The van der Waals surface area contributed by atoms with Crippen LogP contribution in [0.3, 0.4) is 0 Å². The van der Waals surface area contributed by atoms with Gasteiger partial charge in [0.15, 0.2) is 0 Å². The van der Waals surface area contributed by atoms with Crippen LogP contribution in [0.25, 0.3) is 10.9 Å². The lowest BCUT2D eigenvalue weighted by molar-refractivity contribution is 0.434. The van der Waals surface area contributed by atoms with Crippen LogP contribution in [-0.4, -0.2) is 15.8 Å². The van der Waals surface area contributed by atoms with Crippen molar-refractivity contribution in [3.63, 3.8) is 0 Å². The molecular weight excluding hydrogens is 282 g/mol. The van der Waals surface area contributed by atoms with Crippen molar-refractivity contribution in [2.75, 3.05) is 0 Å². The van der Waals surface area contributed by atoms with Gasteiger partial charge in [-0.05, 0) is 30.2 Å². The fourth-order valence-corrected chi connectivity index (χ4v) is 2.79. The molecule has 3 rings (SSSR count). The van der Waals surface area contributed by atoms with E-state index in [0.717, 1.165) is 27.9 Å². The molecule has 0 saturated heterocycles. The fraction of sp³-hybridized carbons (Fsp3) is 0.235. The van der Waals surface area contributed by atoms with E-state index in [1.165, 1.54) is 0 Å². The van der Waals surface area contributed by atoms with Crippen LogP contribution in [-0.2, 0) is 0 Å². The van der Waals surface area contributed by atoms with Crippen LogP contribution in [0, 0.1) is 0 Å². The third kappa shape index (κ3) is 2.67. The van der Waals surface area contributed by atoms with Gasteiger partial charge in [0.05, 0.1) is 17.8 Å². The summed E-state index contributed by atoms with van der Waals surface area (Å²) in [6, 6.07) is 16.0. The lowest BCUT2D eigenvalue weighted by atomic mass is 9.98. The third-order valence-corrected chi connectivity index (χ3v) is 4.11. The number of para-hydroxylation sites is 1. The van der Waals surface area contributed by atoms with Gasteiger partial charge in [0.2, 0.25) is 0 Å². The minimum atomic E-state index is -0.00511. The molecule has 3 aromatic rings. The number of benzene rings is 2. The molecule has 0 amide bonds. The quantitative estimate of drug-likeness (QED) is 0.791. The van der Waals surface area contributed by atoms with Gasteiger partial charge in [0.25, 0.3) is 0 Å². The lowest BCUT2D eigenvalue weighted by Gasteiger charge is -2.25. The average Bonchev–Trinajstić information content (AvgIpc) is 2.93. The van der Waals surface area contributed by atoms with Crippen LogP contribution in [0.2, 0.25) is 5.02 Å². The minimum absolute atomic E-state index is 0.00511. The largest absolute Gasteiger partial charge is 0.326 e. The number of hydrogen-bond donors (Lipinski definition) is 1. The lowest BCUT2D eigenvalue weighted by Crippen LogP contribution is -2.33. The highest BCUT2D eigenvalue weighted by Gasteiger charge is 2.22. The Balaban J connectivity index is 2.13. The van der Waals surface area contributed by atoms with E-state index in [4.69, 9.17) is 17.3 Å². The minimum Gasteiger partial charge on any atom is -0.326 e. The Morgan fingerprint density at radius 3 is 2.57 bits per heavy atom. The average molecular weight is 300 g/mol. The zero-order valence-electron chi connectivity index (χ0n) is 11.9. The molecule has 0 saturated carbocycles. The van der Waals surface area contributed by atoms with Crippen molar-refractivity contribution in [3.05, 3.63) is 65.3 Å². The first-order valence-electron chi connectivity index (χ1n) is 7.14. The van der Waals surface area contributed by atoms with Gasteiger partial charge in [-0.15, -0.1) is 0 Å². The van der Waals surface area contributed by atoms with E-state index in [1.807, 2.05) is 47.3 Å². The maximum Gasteiger partial charge on any atom is 0.0926 e. The smallest absolute Gasteiger partial charge is 0.0926 e. The summed E-state index contributed by atoms with van der Waals surface area (Å²) in [6.45, 7) is 2.10. The fourth-order valence-electron chi connectivity index (χ4n) is 2.67. The Bertz CT molecular complexity index is 733. The van der Waals surface area contributed by atoms with Crippen molar-refractivity contribution in [2.45, 2.75) is 25.4 Å². The number of nitrogens with two attached hydrogens (primary N) is 1. The molecule has 0 radical (unpaired) electrons. The van der Waals surface area contributed by atoms with E-state index in [1.54, 1.807) is 0 Å². The van der Waals surface area contributed by atoms with E-state index in [0.29, 0.717) is 0 Å². The summed E-state index contributed by atoms with van der Waals surface area (Å²) in [7, 11) is 0. The molecule has 3 nitrogen and oxygen atoms in total. The summed E-state index contributed by atoms with van der Waals surface area (Å²) in [6.07, 6.45) is 2.77. The number of fused-ring (bicyclic) bond motifs is 1. The van der Waals surface area contributed by atoms with Crippen LogP contribution < -0.4 is 5.73 Å². The highest BCUT2D eigenvalue weighted by atomic mass is 35.5. The molecule has 2 unspecified atom stereocenters. The highest BCUT2D eigenvalue weighted by molar-refractivity contribution is 6.30. The van der Waals surface area contributed by atoms with Gasteiger partial charge >= 0.3 is 0 Å². The van der Waals surface area contributed by atoms with Gasteiger partial charge in [0, 0.05) is 16.5 Å². The zero-order valence-corrected chi connectivity index (χ0v) is 12.7. The second-order valence-corrected chi connectivity index (χ2v) is 5.65. The summed E-state index contributed by atoms with van der Waals surface area (Å²) >= 11 is 6.00. The van der Waals surface area contributed by atoms with E-state index < -0.39 is 0 Å². The molecule has 1 heterocycles. The molecule has 0 spiro atoms. The molecule has 108 valence electrons. The first kappa shape index (κ1) is 14.1. The number of halogens is 1. The van der Waals surface area contributed by atoms with E-state index >= 15 is 0 Å². The molecule has 1 aromatic heterocycles. The first-order chi connectivity index (χ1) is 10.2. The van der Waals surface area contributed by atoms with Crippen LogP contribution in [0.4, 0.5) is 0 Å². The standard InChI is InChI=1S/C17H18ClN3/c1-2-15(19)17(12-7-9-14(18)10-8-12)21-16-6-4-3-5-13(16)11-20-21/h3-11,15,17H,2,19H2,1H3. The first-order valence-corrected chi connectivity index (χ1v) is 7.52. The van der Waals surface area contributed by atoms with Gasteiger partial charge in [-0.2, -0.15) is 5.10 Å². The second kappa shape index (κ2) is 5.88. The Labute approximate surface area is 129 Å². The van der Waals surface area contributed by atoms with E-state index in [-0.39, 0.29) is 12.1 Å². The number of hydrogen-bond acceptors (Lipinski definition) is 2. The summed E-state index contributed by atoms with van der Waals surface area (Å²) < 4.78 is 2.02. The van der Waals surface area contributed by atoms with Crippen molar-refractivity contribution in [3.8, 4) is 0 Å². The van der Waals surface area contributed by atoms with E-state index in [9.17, 15) is 0 Å². The molecule has 0 aliphatic heterocycles. The number of nitrogens with zero attached hydrogens (tertiary/aromatic N) is 2. The molecule has 4 heteroatoms. The van der Waals surface area contributed by atoms with Gasteiger partial charge < -0.3 is 5.73 Å². The van der Waals surface area contributed by atoms with Crippen molar-refractivity contribution < 1.29 is 0 Å². The Hall–Kier alpha value is -1.84. The Kier molecular flexibility index (Phi) is 3.95. The van der Waals surface area contributed by atoms with Gasteiger partial charge in [-0.1, -0.05) is 48.9 Å². The van der Waals surface area contributed by atoms with Crippen LogP contribution in [0.5, 0.6) is 0 Å². The molecule has 2 N–H and O–H groups in total. The van der Waals surface area contributed by atoms with Crippen LogP contribution in [0.1, 0.15) is 24.9 Å². The number of rotatable bonds is 4. The predicted molar refractivity (Wildman–Crippen MR) is 87.6 cm³/mol. The van der Waals surface area contributed by atoms with Crippen molar-refractivity contribution >= 4 is 22.5 Å².